The minimum atomic E-state index is -1.14. The number of hydrogen-bond donors (Lipinski definition) is 6. The Morgan fingerprint density at radius 2 is 1.25 bits per heavy atom. The van der Waals surface area contributed by atoms with Crippen molar-refractivity contribution in [3.63, 3.8) is 0 Å². The number of amides is 7. The van der Waals surface area contributed by atoms with Gasteiger partial charge in [-0.25, -0.2) is 4.79 Å². The van der Waals surface area contributed by atoms with Crippen LogP contribution in [0.15, 0.2) is 122 Å². The summed E-state index contributed by atoms with van der Waals surface area (Å²) in [6.45, 7) is 12.7. The summed E-state index contributed by atoms with van der Waals surface area (Å²) >= 11 is 0. The van der Waals surface area contributed by atoms with Crippen molar-refractivity contribution in [1.29, 1.82) is 0 Å². The van der Waals surface area contributed by atoms with Gasteiger partial charge in [-0.3, -0.25) is 38.5 Å². The summed E-state index contributed by atoms with van der Waals surface area (Å²) < 4.78 is 17.1. The highest BCUT2D eigenvalue weighted by Gasteiger charge is 2.47. The van der Waals surface area contributed by atoms with Crippen molar-refractivity contribution in [1.82, 2.24) is 36.4 Å². The first kappa shape index (κ1) is 64.3. The summed E-state index contributed by atoms with van der Waals surface area (Å²) in [6.07, 6.45) is 3.64. The molecule has 6 rings (SSSR count). The number of Topliss-reactive ketones (excluding diaryl/α,β-unsaturated/α-hetero) is 1. The third-order valence-corrected chi connectivity index (χ3v) is 14.8. The van der Waals surface area contributed by atoms with Gasteiger partial charge in [0.1, 0.15) is 41.6 Å². The standard InChI is InChI=1S/C64H84N8O11/c1-44(27-32-55(74)70-64(50-21-13-8-14-22-50,51-23-15-9-16-24-51)52-25-17-10-18-26-52)58(76)69-53(41-45(2)73)59(77)67-35-38-82-40-39-81-37-34-66-56(75)43-72(62(80)83-63(4,5)6)57(49-19-11-7-12-20-49)61(79)71-36-33-54(71)60(78)68-42-47-28-30-48(31-29-47)46(3)65/h8-10,13-18,21-26,28-31,44,49,53-54,57H,3,7,11-12,19-20,27,32-43,65H2,1-2,4-6H3,(H,66,75)(H,67,77)(H,68,78)(H,69,76)(H,70,74)/t44-,53-,54-,57+/m0/s1. The maximum Gasteiger partial charge on any atom is 0.411 e. The number of rotatable bonds is 30. The second-order valence-electron chi connectivity index (χ2n) is 22.4. The molecule has 0 spiro atoms. The fourth-order valence-corrected chi connectivity index (χ4v) is 10.4. The zero-order valence-corrected chi connectivity index (χ0v) is 48.8. The topological polar surface area (TPSA) is 257 Å². The molecule has 1 saturated heterocycles. The number of likely N-dealkylation sites (tertiary alicyclic amines) is 1. The van der Waals surface area contributed by atoms with Gasteiger partial charge in [-0.05, 0) is 87.1 Å². The molecule has 19 heteroatoms. The van der Waals surface area contributed by atoms with Gasteiger partial charge in [-0.15, -0.1) is 0 Å². The van der Waals surface area contributed by atoms with Crippen molar-refractivity contribution in [2.75, 3.05) is 52.6 Å². The summed E-state index contributed by atoms with van der Waals surface area (Å²) in [4.78, 5) is 111. The minimum absolute atomic E-state index is 0.0113. The van der Waals surface area contributed by atoms with Crippen LogP contribution in [-0.2, 0) is 59.9 Å². The molecule has 0 aromatic heterocycles. The average Bonchev–Trinajstić information content (AvgIpc) is 3.45. The van der Waals surface area contributed by atoms with Crippen LogP contribution in [0.4, 0.5) is 4.79 Å². The molecule has 1 heterocycles. The predicted octanol–water partition coefficient (Wildman–Crippen LogP) is 6.27. The summed E-state index contributed by atoms with van der Waals surface area (Å²) in [5, 5.41) is 14.5. The van der Waals surface area contributed by atoms with Gasteiger partial charge in [0.05, 0.1) is 26.4 Å². The molecule has 7 N–H and O–H groups in total. The van der Waals surface area contributed by atoms with Gasteiger partial charge in [0.2, 0.25) is 35.4 Å². The van der Waals surface area contributed by atoms with Gasteiger partial charge in [0.15, 0.2) is 0 Å². The smallest absolute Gasteiger partial charge is 0.411 e. The third-order valence-electron chi connectivity index (χ3n) is 14.8. The molecule has 19 nitrogen and oxygen atoms in total. The van der Waals surface area contributed by atoms with Gasteiger partial charge >= 0.3 is 6.09 Å². The highest BCUT2D eigenvalue weighted by molar-refractivity contribution is 5.95. The van der Waals surface area contributed by atoms with Crippen molar-refractivity contribution in [3.05, 3.63) is 150 Å². The van der Waals surface area contributed by atoms with E-state index in [-0.39, 0.29) is 88.8 Å². The zero-order chi connectivity index (χ0) is 59.9. The molecule has 4 atom stereocenters. The van der Waals surface area contributed by atoms with Crippen LogP contribution in [0.1, 0.15) is 120 Å². The van der Waals surface area contributed by atoms with E-state index in [1.54, 1.807) is 27.7 Å². The molecule has 1 aliphatic heterocycles. The molecule has 2 fully saturated rings. The Hall–Kier alpha value is -7.90. The lowest BCUT2D eigenvalue weighted by atomic mass is 9.77. The SMILES string of the molecule is C=C(N)c1ccc(CNC(=O)[C@@H]2CCN2C(=O)[C@@H](C2CCCCC2)N(CC(=O)NCCOCCOCCNC(=O)[C@H](CC(C)=O)NC(=O)[C@@H](C)CCC(=O)NC(c2ccccc2)(c2ccccc2)c2ccccc2)C(=O)OC(C)(C)C)cc1. The monoisotopic (exact) mass is 1140 g/mol. The van der Waals surface area contributed by atoms with Crippen LogP contribution in [0.3, 0.4) is 0 Å². The van der Waals surface area contributed by atoms with Gasteiger partial charge < -0.3 is 51.4 Å². The molecular formula is C64H84N8O11. The molecule has 83 heavy (non-hydrogen) atoms. The van der Waals surface area contributed by atoms with E-state index in [1.807, 2.05) is 115 Å². The zero-order valence-electron chi connectivity index (χ0n) is 48.8. The van der Waals surface area contributed by atoms with E-state index >= 15 is 0 Å². The number of nitrogens with one attached hydrogen (secondary N) is 5. The largest absolute Gasteiger partial charge is 0.444 e. The van der Waals surface area contributed by atoms with Crippen LogP contribution in [0.5, 0.6) is 0 Å². The number of carbonyl (C=O) groups is 8. The fourth-order valence-electron chi connectivity index (χ4n) is 10.4. The summed E-state index contributed by atoms with van der Waals surface area (Å²) in [5.41, 5.74) is 8.52. The average molecular weight is 1140 g/mol. The normalized spacial score (nSPS) is 15.5. The van der Waals surface area contributed by atoms with Crippen LogP contribution in [0.2, 0.25) is 0 Å². The Balaban J connectivity index is 0.929. The quantitative estimate of drug-likeness (QED) is 0.0249. The van der Waals surface area contributed by atoms with Gasteiger partial charge in [0.25, 0.3) is 0 Å². The summed E-state index contributed by atoms with van der Waals surface area (Å²) in [6, 6.07) is 33.5. The fraction of sp³-hybridized carbons (Fsp3) is 0.469. The highest BCUT2D eigenvalue weighted by Crippen LogP contribution is 2.37. The van der Waals surface area contributed by atoms with E-state index in [4.69, 9.17) is 19.9 Å². The van der Waals surface area contributed by atoms with Crippen LogP contribution < -0.4 is 32.3 Å². The summed E-state index contributed by atoms with van der Waals surface area (Å²) in [5.74, 6) is -3.76. The number of nitrogens with two attached hydrogens (primary N) is 1. The van der Waals surface area contributed by atoms with Gasteiger partial charge in [-0.2, -0.15) is 0 Å². The first-order chi connectivity index (χ1) is 39.8. The lowest BCUT2D eigenvalue weighted by Crippen LogP contribution is -2.65. The van der Waals surface area contributed by atoms with Crippen molar-refractivity contribution < 1.29 is 52.6 Å². The number of hydrogen-bond acceptors (Lipinski definition) is 12. The van der Waals surface area contributed by atoms with Crippen molar-refractivity contribution >= 4 is 53.0 Å². The second kappa shape index (κ2) is 31.5. The lowest BCUT2D eigenvalue weighted by molar-refractivity contribution is -0.154. The Morgan fingerprint density at radius 1 is 0.699 bits per heavy atom. The Morgan fingerprint density at radius 3 is 1.76 bits per heavy atom. The summed E-state index contributed by atoms with van der Waals surface area (Å²) in [7, 11) is 0. The minimum Gasteiger partial charge on any atom is -0.444 e. The predicted molar refractivity (Wildman–Crippen MR) is 316 cm³/mol. The molecule has 0 bridgehead atoms. The van der Waals surface area contributed by atoms with Crippen LogP contribution in [0.25, 0.3) is 5.70 Å². The maximum atomic E-state index is 14.6. The van der Waals surface area contributed by atoms with E-state index in [2.05, 4.69) is 33.2 Å². The Labute approximate surface area is 488 Å². The highest BCUT2D eigenvalue weighted by atomic mass is 16.6. The molecule has 4 aromatic rings. The van der Waals surface area contributed by atoms with Crippen molar-refractivity contribution in [3.8, 4) is 0 Å². The van der Waals surface area contributed by atoms with Crippen molar-refractivity contribution in [2.24, 2.45) is 17.6 Å². The molecule has 0 radical (unpaired) electrons. The molecule has 1 saturated carbocycles. The molecule has 2 aliphatic rings. The third kappa shape index (κ3) is 19.1. The van der Waals surface area contributed by atoms with Gasteiger partial charge in [-0.1, -0.05) is 148 Å². The number of carbonyl (C=O) groups excluding carboxylic acids is 8. The lowest BCUT2D eigenvalue weighted by Gasteiger charge is -2.46. The molecule has 7 amide bonds. The van der Waals surface area contributed by atoms with E-state index in [1.165, 1.54) is 16.7 Å². The van der Waals surface area contributed by atoms with Gasteiger partial charge in [0, 0.05) is 50.6 Å². The Bertz CT molecular complexity index is 2710. The second-order valence-corrected chi connectivity index (χ2v) is 22.4. The molecular weight excluding hydrogens is 1060 g/mol. The van der Waals surface area contributed by atoms with Crippen LogP contribution in [0, 0.1) is 11.8 Å². The van der Waals surface area contributed by atoms with Crippen LogP contribution in [-0.4, -0.2) is 133 Å². The maximum absolute atomic E-state index is 14.6. The number of nitrogens with zero attached hydrogens (tertiary/aromatic N) is 2. The van der Waals surface area contributed by atoms with E-state index < -0.39 is 71.5 Å². The first-order valence-electron chi connectivity index (χ1n) is 28.9. The van der Waals surface area contributed by atoms with E-state index in [0.717, 1.165) is 47.1 Å². The molecule has 1 aliphatic carbocycles. The van der Waals surface area contributed by atoms with E-state index in [9.17, 15) is 38.4 Å². The van der Waals surface area contributed by atoms with Crippen LogP contribution >= 0.6 is 0 Å². The number of benzene rings is 4. The number of ether oxygens (including phenoxy) is 3. The molecule has 4 aromatic carbocycles. The molecule has 0 unspecified atom stereocenters. The number of ketones is 1. The first-order valence-corrected chi connectivity index (χ1v) is 28.9. The Kier molecular flexibility index (Phi) is 24.4. The van der Waals surface area contributed by atoms with Crippen molar-refractivity contribution in [2.45, 2.75) is 128 Å². The van der Waals surface area contributed by atoms with E-state index in [0.29, 0.717) is 31.5 Å². The molecule has 446 valence electrons.